The molecule has 0 amide bonds. The molecule has 0 fully saturated rings. The van der Waals surface area contributed by atoms with Crippen molar-refractivity contribution in [3.63, 3.8) is 0 Å². The van der Waals surface area contributed by atoms with Crippen LogP contribution in [0, 0.1) is 0 Å². The van der Waals surface area contributed by atoms with Gasteiger partial charge in [0.15, 0.2) is 0 Å². The van der Waals surface area contributed by atoms with Crippen LogP contribution in [0.25, 0.3) is 0 Å². The average molecular weight is 160 g/mol. The molecule has 0 aliphatic heterocycles. The predicted octanol–water partition coefficient (Wildman–Crippen LogP) is 1.96. The van der Waals surface area contributed by atoms with Crippen molar-refractivity contribution in [3.8, 4) is 0 Å². The zero-order valence-corrected chi connectivity index (χ0v) is 7.84. The lowest BCUT2D eigenvalue weighted by Crippen LogP contribution is -2.25. The first-order valence-corrected chi connectivity index (χ1v) is 4.52. The Morgan fingerprint density at radius 2 is 2.00 bits per heavy atom. The second kappa shape index (κ2) is 6.62. The number of rotatable bonds is 6. The number of ether oxygens (including phenoxy) is 1. The Morgan fingerprint density at radius 3 is 2.45 bits per heavy atom. The molecular weight excluding hydrogens is 140 g/mol. The van der Waals surface area contributed by atoms with Crippen LogP contribution in [-0.4, -0.2) is 23.9 Å². The molecule has 0 radical (unpaired) electrons. The van der Waals surface area contributed by atoms with E-state index >= 15 is 0 Å². The third-order valence-electron chi connectivity index (χ3n) is 1.82. The van der Waals surface area contributed by atoms with Crippen LogP contribution in [0.3, 0.4) is 0 Å². The highest BCUT2D eigenvalue weighted by Gasteiger charge is 2.12. The second-order valence-corrected chi connectivity index (χ2v) is 2.87. The quantitative estimate of drug-likeness (QED) is 0.643. The largest absolute Gasteiger partial charge is 0.390 e. The van der Waals surface area contributed by atoms with Gasteiger partial charge in [-0.25, -0.2) is 0 Å². The Bertz CT molecular complexity index is 83.6. The van der Waals surface area contributed by atoms with Crippen LogP contribution in [0.15, 0.2) is 0 Å². The second-order valence-electron chi connectivity index (χ2n) is 2.87. The maximum Gasteiger partial charge on any atom is 0.0805 e. The van der Waals surface area contributed by atoms with Gasteiger partial charge in [0.05, 0.1) is 12.2 Å². The van der Waals surface area contributed by atoms with Gasteiger partial charge >= 0.3 is 0 Å². The van der Waals surface area contributed by atoms with E-state index in [1.54, 1.807) is 0 Å². The topological polar surface area (TPSA) is 29.5 Å². The lowest BCUT2D eigenvalue weighted by Gasteiger charge is -2.17. The summed E-state index contributed by atoms with van der Waals surface area (Å²) >= 11 is 0. The Balaban J connectivity index is 3.38. The molecule has 0 aliphatic rings. The molecular formula is C9H20O2. The van der Waals surface area contributed by atoms with E-state index in [0.717, 1.165) is 19.3 Å². The van der Waals surface area contributed by atoms with Gasteiger partial charge in [-0.15, -0.1) is 0 Å². The van der Waals surface area contributed by atoms with Crippen LogP contribution in [0.1, 0.15) is 40.0 Å². The van der Waals surface area contributed by atoms with Crippen molar-refractivity contribution in [3.05, 3.63) is 0 Å². The molecule has 0 spiro atoms. The summed E-state index contributed by atoms with van der Waals surface area (Å²) in [5.41, 5.74) is 0. The maximum atomic E-state index is 9.45. The monoisotopic (exact) mass is 160 g/mol. The van der Waals surface area contributed by atoms with Crippen LogP contribution in [0.4, 0.5) is 0 Å². The molecule has 0 bridgehead atoms. The lowest BCUT2D eigenvalue weighted by atomic mass is 10.1. The Hall–Kier alpha value is -0.0800. The van der Waals surface area contributed by atoms with Gasteiger partial charge in [-0.05, 0) is 20.3 Å². The first kappa shape index (κ1) is 10.9. The predicted molar refractivity (Wildman–Crippen MR) is 46.6 cm³/mol. The van der Waals surface area contributed by atoms with Crippen molar-refractivity contribution in [2.45, 2.75) is 52.2 Å². The van der Waals surface area contributed by atoms with E-state index in [1.807, 2.05) is 13.8 Å². The van der Waals surface area contributed by atoms with Crippen LogP contribution in [-0.2, 0) is 4.74 Å². The highest BCUT2D eigenvalue weighted by atomic mass is 16.5. The fraction of sp³-hybridized carbons (Fsp3) is 1.00. The highest BCUT2D eigenvalue weighted by Crippen LogP contribution is 2.06. The van der Waals surface area contributed by atoms with Crippen molar-refractivity contribution in [1.82, 2.24) is 0 Å². The normalized spacial score (nSPS) is 16.4. The molecule has 2 unspecified atom stereocenters. The molecule has 11 heavy (non-hydrogen) atoms. The molecule has 0 aliphatic carbocycles. The van der Waals surface area contributed by atoms with Crippen LogP contribution >= 0.6 is 0 Å². The number of hydrogen-bond donors (Lipinski definition) is 1. The Kier molecular flexibility index (Phi) is 6.57. The van der Waals surface area contributed by atoms with E-state index < -0.39 is 0 Å². The summed E-state index contributed by atoms with van der Waals surface area (Å²) in [6, 6.07) is 0. The minimum atomic E-state index is -0.283. The van der Waals surface area contributed by atoms with E-state index in [9.17, 15) is 5.11 Å². The summed E-state index contributed by atoms with van der Waals surface area (Å²) in [6.07, 6.45) is 2.79. The molecule has 2 nitrogen and oxygen atoms in total. The number of unbranched alkanes of at least 4 members (excludes halogenated alkanes) is 1. The summed E-state index contributed by atoms with van der Waals surface area (Å²) in [7, 11) is 0. The number of hydrogen-bond acceptors (Lipinski definition) is 2. The van der Waals surface area contributed by atoms with Gasteiger partial charge in [-0.1, -0.05) is 19.8 Å². The van der Waals surface area contributed by atoms with Gasteiger partial charge in [0.2, 0.25) is 0 Å². The molecule has 1 N–H and O–H groups in total. The zero-order valence-electron chi connectivity index (χ0n) is 7.84. The van der Waals surface area contributed by atoms with Crippen molar-refractivity contribution in [1.29, 1.82) is 0 Å². The van der Waals surface area contributed by atoms with Crippen molar-refractivity contribution in [2.75, 3.05) is 6.61 Å². The summed E-state index contributed by atoms with van der Waals surface area (Å²) in [6.45, 7) is 6.68. The SMILES string of the molecule is CCCCC(O)C(C)OCC. The van der Waals surface area contributed by atoms with Gasteiger partial charge in [0.25, 0.3) is 0 Å². The van der Waals surface area contributed by atoms with Gasteiger partial charge in [0, 0.05) is 6.61 Å². The van der Waals surface area contributed by atoms with Crippen molar-refractivity contribution >= 4 is 0 Å². The van der Waals surface area contributed by atoms with E-state index in [1.165, 1.54) is 0 Å². The van der Waals surface area contributed by atoms with E-state index in [-0.39, 0.29) is 12.2 Å². The molecule has 2 atom stereocenters. The zero-order chi connectivity index (χ0) is 8.69. The molecule has 2 heteroatoms. The molecule has 68 valence electrons. The highest BCUT2D eigenvalue weighted by molar-refractivity contribution is 4.63. The molecule has 0 saturated heterocycles. The Labute approximate surface area is 69.6 Å². The Morgan fingerprint density at radius 1 is 1.36 bits per heavy atom. The number of aliphatic hydroxyl groups is 1. The maximum absolute atomic E-state index is 9.45. The molecule has 0 saturated carbocycles. The standard InChI is InChI=1S/C9H20O2/c1-4-6-7-9(10)8(3)11-5-2/h8-10H,4-7H2,1-3H3. The molecule has 0 aromatic rings. The number of aliphatic hydroxyl groups excluding tert-OH is 1. The summed E-state index contributed by atoms with van der Waals surface area (Å²) in [5.74, 6) is 0. The molecule has 0 aromatic heterocycles. The van der Waals surface area contributed by atoms with Gasteiger partial charge in [-0.3, -0.25) is 0 Å². The minimum Gasteiger partial charge on any atom is -0.390 e. The van der Waals surface area contributed by atoms with Gasteiger partial charge in [-0.2, -0.15) is 0 Å². The summed E-state index contributed by atoms with van der Waals surface area (Å²) in [5, 5.41) is 9.45. The van der Waals surface area contributed by atoms with E-state index in [4.69, 9.17) is 4.74 Å². The average Bonchev–Trinajstić information content (AvgIpc) is 2.00. The fourth-order valence-corrected chi connectivity index (χ4v) is 1.02. The van der Waals surface area contributed by atoms with Gasteiger partial charge < -0.3 is 9.84 Å². The van der Waals surface area contributed by atoms with Crippen LogP contribution in [0.2, 0.25) is 0 Å². The molecule has 0 rings (SSSR count). The van der Waals surface area contributed by atoms with Gasteiger partial charge in [0.1, 0.15) is 0 Å². The fourth-order valence-electron chi connectivity index (χ4n) is 1.02. The van der Waals surface area contributed by atoms with Crippen LogP contribution < -0.4 is 0 Å². The first-order valence-electron chi connectivity index (χ1n) is 4.52. The lowest BCUT2D eigenvalue weighted by molar-refractivity contribution is -0.0254. The molecule has 0 heterocycles. The third kappa shape index (κ3) is 5.22. The minimum absolute atomic E-state index is 0.00782. The van der Waals surface area contributed by atoms with Crippen molar-refractivity contribution < 1.29 is 9.84 Å². The smallest absolute Gasteiger partial charge is 0.0805 e. The van der Waals surface area contributed by atoms with E-state index in [2.05, 4.69) is 6.92 Å². The summed E-state index contributed by atoms with van der Waals surface area (Å²) < 4.78 is 5.25. The van der Waals surface area contributed by atoms with Crippen LogP contribution in [0.5, 0.6) is 0 Å². The first-order chi connectivity index (χ1) is 5.22. The van der Waals surface area contributed by atoms with Crippen molar-refractivity contribution in [2.24, 2.45) is 0 Å². The van der Waals surface area contributed by atoms with E-state index in [0.29, 0.717) is 6.61 Å². The third-order valence-corrected chi connectivity index (χ3v) is 1.82. The molecule has 0 aromatic carbocycles. The summed E-state index contributed by atoms with van der Waals surface area (Å²) in [4.78, 5) is 0.